The van der Waals surface area contributed by atoms with E-state index in [-0.39, 0.29) is 11.3 Å². The first kappa shape index (κ1) is 14.5. The van der Waals surface area contributed by atoms with Gasteiger partial charge in [-0.3, -0.25) is 9.89 Å². The van der Waals surface area contributed by atoms with Gasteiger partial charge in [-0.05, 0) is 32.2 Å². The molecule has 3 rings (SSSR count). The van der Waals surface area contributed by atoms with E-state index in [1.807, 2.05) is 4.90 Å². The molecule has 116 valence electrons. The standard InChI is InChI=1S/C15H25N5O/c1-15(2,3)14-17-12(18-19-14)13(21)20-9-5-7-11(20)10-6-4-8-16-10/h10-11,16H,4-9H2,1-3H3,(H,17,18,19). The summed E-state index contributed by atoms with van der Waals surface area (Å²) in [5, 5.41) is 10.6. The van der Waals surface area contributed by atoms with Gasteiger partial charge < -0.3 is 10.2 Å². The van der Waals surface area contributed by atoms with Gasteiger partial charge in [0.2, 0.25) is 5.82 Å². The maximum Gasteiger partial charge on any atom is 0.293 e. The SMILES string of the molecule is CC(C)(C)c1nc(C(=O)N2CCCC2C2CCCN2)n[nH]1. The number of aromatic amines is 1. The molecule has 2 saturated heterocycles. The van der Waals surface area contributed by atoms with Gasteiger partial charge in [-0.25, -0.2) is 4.98 Å². The number of aromatic nitrogens is 3. The highest BCUT2D eigenvalue weighted by atomic mass is 16.2. The van der Waals surface area contributed by atoms with Gasteiger partial charge in [-0.2, -0.15) is 0 Å². The Morgan fingerprint density at radius 3 is 2.71 bits per heavy atom. The van der Waals surface area contributed by atoms with Crippen LogP contribution in [0.25, 0.3) is 0 Å². The molecule has 0 spiro atoms. The summed E-state index contributed by atoms with van der Waals surface area (Å²) in [4.78, 5) is 19.1. The molecule has 2 aliphatic rings. The average molecular weight is 291 g/mol. The van der Waals surface area contributed by atoms with Crippen molar-refractivity contribution in [3.8, 4) is 0 Å². The van der Waals surface area contributed by atoms with Crippen molar-refractivity contribution < 1.29 is 4.79 Å². The Balaban J connectivity index is 1.76. The first-order valence-electron chi connectivity index (χ1n) is 7.94. The van der Waals surface area contributed by atoms with Gasteiger partial charge in [0.1, 0.15) is 5.82 Å². The van der Waals surface area contributed by atoms with Crippen molar-refractivity contribution in [2.45, 2.75) is 64.0 Å². The molecule has 2 fully saturated rings. The third-order valence-corrected chi connectivity index (χ3v) is 4.51. The molecule has 1 aromatic rings. The quantitative estimate of drug-likeness (QED) is 0.865. The summed E-state index contributed by atoms with van der Waals surface area (Å²) in [6.45, 7) is 8.06. The number of hydrogen-bond donors (Lipinski definition) is 2. The van der Waals surface area contributed by atoms with Crippen LogP contribution in [0.3, 0.4) is 0 Å². The summed E-state index contributed by atoms with van der Waals surface area (Å²) < 4.78 is 0. The molecule has 2 N–H and O–H groups in total. The molecule has 6 heteroatoms. The molecule has 2 atom stereocenters. The van der Waals surface area contributed by atoms with E-state index in [9.17, 15) is 4.79 Å². The highest BCUT2D eigenvalue weighted by Gasteiger charge is 2.37. The van der Waals surface area contributed by atoms with E-state index >= 15 is 0 Å². The Hall–Kier alpha value is -1.43. The van der Waals surface area contributed by atoms with Crippen LogP contribution < -0.4 is 5.32 Å². The lowest BCUT2D eigenvalue weighted by molar-refractivity contribution is 0.0699. The van der Waals surface area contributed by atoms with Crippen LogP contribution in [0.15, 0.2) is 0 Å². The average Bonchev–Trinajstić information content (AvgIpc) is 3.16. The highest BCUT2D eigenvalue weighted by Crippen LogP contribution is 2.26. The molecule has 1 amide bonds. The predicted octanol–water partition coefficient (Wildman–Crippen LogP) is 1.46. The number of carbonyl (C=O) groups excluding carboxylic acids is 1. The van der Waals surface area contributed by atoms with Crippen LogP contribution in [0, 0.1) is 0 Å². The van der Waals surface area contributed by atoms with Gasteiger partial charge in [0.25, 0.3) is 5.91 Å². The molecular weight excluding hydrogens is 266 g/mol. The molecule has 1 aromatic heterocycles. The topological polar surface area (TPSA) is 73.9 Å². The third-order valence-electron chi connectivity index (χ3n) is 4.51. The van der Waals surface area contributed by atoms with Crippen molar-refractivity contribution in [3.63, 3.8) is 0 Å². The second kappa shape index (κ2) is 5.40. The van der Waals surface area contributed by atoms with Gasteiger partial charge in [-0.15, -0.1) is 5.10 Å². The van der Waals surface area contributed by atoms with E-state index < -0.39 is 0 Å². The number of nitrogens with one attached hydrogen (secondary N) is 2. The van der Waals surface area contributed by atoms with Gasteiger partial charge in [-0.1, -0.05) is 20.8 Å². The minimum absolute atomic E-state index is 0.0297. The molecule has 2 unspecified atom stereocenters. The van der Waals surface area contributed by atoms with E-state index in [2.05, 4.69) is 41.3 Å². The molecule has 3 heterocycles. The largest absolute Gasteiger partial charge is 0.331 e. The lowest BCUT2D eigenvalue weighted by Gasteiger charge is -2.28. The Kier molecular flexibility index (Phi) is 3.73. The van der Waals surface area contributed by atoms with Gasteiger partial charge in [0.15, 0.2) is 0 Å². The van der Waals surface area contributed by atoms with Crippen molar-refractivity contribution in [3.05, 3.63) is 11.6 Å². The Morgan fingerprint density at radius 1 is 1.29 bits per heavy atom. The normalized spacial score (nSPS) is 26.5. The van der Waals surface area contributed by atoms with E-state index in [1.54, 1.807) is 0 Å². The zero-order valence-corrected chi connectivity index (χ0v) is 13.1. The maximum atomic E-state index is 12.7. The van der Waals surface area contributed by atoms with Crippen LogP contribution in [0.2, 0.25) is 0 Å². The number of H-pyrrole nitrogens is 1. The van der Waals surface area contributed by atoms with Gasteiger partial charge in [0, 0.05) is 24.0 Å². The summed E-state index contributed by atoms with van der Waals surface area (Å²) in [5.41, 5.74) is -0.122. The van der Waals surface area contributed by atoms with Crippen LogP contribution in [-0.2, 0) is 5.41 Å². The number of hydrogen-bond acceptors (Lipinski definition) is 4. The van der Waals surface area contributed by atoms with Crippen LogP contribution in [0.5, 0.6) is 0 Å². The van der Waals surface area contributed by atoms with E-state index in [1.165, 1.54) is 6.42 Å². The first-order chi connectivity index (χ1) is 9.97. The van der Waals surface area contributed by atoms with Crippen molar-refractivity contribution in [1.82, 2.24) is 25.4 Å². The second-order valence-corrected chi connectivity index (χ2v) is 7.17. The second-order valence-electron chi connectivity index (χ2n) is 7.17. The molecule has 2 aliphatic heterocycles. The van der Waals surface area contributed by atoms with E-state index in [0.717, 1.165) is 38.2 Å². The minimum Gasteiger partial charge on any atom is -0.331 e. The first-order valence-corrected chi connectivity index (χ1v) is 7.94. The van der Waals surface area contributed by atoms with Crippen molar-refractivity contribution in [2.24, 2.45) is 0 Å². The maximum absolute atomic E-state index is 12.7. The van der Waals surface area contributed by atoms with Crippen molar-refractivity contribution in [1.29, 1.82) is 0 Å². The molecule has 0 aliphatic carbocycles. The summed E-state index contributed by atoms with van der Waals surface area (Å²) in [5.74, 6) is 1.04. The monoisotopic (exact) mass is 291 g/mol. The molecule has 0 aromatic carbocycles. The molecule has 21 heavy (non-hydrogen) atoms. The number of nitrogens with zero attached hydrogens (tertiary/aromatic N) is 3. The summed E-state index contributed by atoms with van der Waals surface area (Å²) in [7, 11) is 0. The summed E-state index contributed by atoms with van der Waals surface area (Å²) >= 11 is 0. The fourth-order valence-corrected chi connectivity index (χ4v) is 3.32. The van der Waals surface area contributed by atoms with Crippen molar-refractivity contribution >= 4 is 5.91 Å². The molecular formula is C15H25N5O. The Morgan fingerprint density at radius 2 is 2.10 bits per heavy atom. The fraction of sp³-hybridized carbons (Fsp3) is 0.800. The minimum atomic E-state index is -0.122. The summed E-state index contributed by atoms with van der Waals surface area (Å²) in [6, 6.07) is 0.745. The number of rotatable bonds is 2. The lowest BCUT2D eigenvalue weighted by Crippen LogP contribution is -2.46. The Labute approximate surface area is 125 Å². The smallest absolute Gasteiger partial charge is 0.293 e. The predicted molar refractivity (Wildman–Crippen MR) is 80.2 cm³/mol. The number of likely N-dealkylation sites (tertiary alicyclic amines) is 1. The zero-order valence-electron chi connectivity index (χ0n) is 13.1. The molecule has 0 saturated carbocycles. The van der Waals surface area contributed by atoms with Gasteiger partial charge in [0.05, 0.1) is 0 Å². The van der Waals surface area contributed by atoms with E-state index in [4.69, 9.17) is 0 Å². The van der Waals surface area contributed by atoms with E-state index in [0.29, 0.717) is 17.9 Å². The molecule has 6 nitrogen and oxygen atoms in total. The zero-order chi connectivity index (χ0) is 15.0. The van der Waals surface area contributed by atoms with Gasteiger partial charge >= 0.3 is 0 Å². The van der Waals surface area contributed by atoms with Crippen LogP contribution >= 0.6 is 0 Å². The Bertz CT molecular complexity index is 512. The van der Waals surface area contributed by atoms with Crippen LogP contribution in [-0.4, -0.2) is 51.2 Å². The third kappa shape index (κ3) is 2.81. The van der Waals surface area contributed by atoms with Crippen molar-refractivity contribution in [2.75, 3.05) is 13.1 Å². The fourth-order valence-electron chi connectivity index (χ4n) is 3.32. The van der Waals surface area contributed by atoms with Crippen LogP contribution in [0.4, 0.5) is 0 Å². The van der Waals surface area contributed by atoms with Crippen LogP contribution in [0.1, 0.15) is 62.9 Å². The molecule has 0 bridgehead atoms. The highest BCUT2D eigenvalue weighted by molar-refractivity contribution is 5.91. The lowest BCUT2D eigenvalue weighted by atomic mass is 9.96. The summed E-state index contributed by atoms with van der Waals surface area (Å²) in [6.07, 6.45) is 4.53. The molecule has 0 radical (unpaired) electrons. The number of carbonyl (C=O) groups is 1. The number of amides is 1.